The van der Waals surface area contributed by atoms with E-state index in [-0.39, 0.29) is 18.2 Å². The number of aryl methyl sites for hydroxylation is 1. The zero-order valence-electron chi connectivity index (χ0n) is 11.1. The summed E-state index contributed by atoms with van der Waals surface area (Å²) in [6.45, 7) is 4.08. The van der Waals surface area contributed by atoms with Gasteiger partial charge in [0.1, 0.15) is 11.9 Å². The molecule has 100 valence electrons. The van der Waals surface area contributed by atoms with Gasteiger partial charge in [0.25, 0.3) is 0 Å². The van der Waals surface area contributed by atoms with Gasteiger partial charge in [-0.1, -0.05) is 11.6 Å². The monoisotopic (exact) mass is 260 g/mol. The van der Waals surface area contributed by atoms with E-state index in [0.717, 1.165) is 36.1 Å². The minimum absolute atomic E-state index is 0.123. The van der Waals surface area contributed by atoms with E-state index in [9.17, 15) is 4.79 Å². The summed E-state index contributed by atoms with van der Waals surface area (Å²) in [5, 5.41) is 0. The average Bonchev–Trinajstić information content (AvgIpc) is 2.91. The summed E-state index contributed by atoms with van der Waals surface area (Å²) in [5.41, 5.74) is 2.62. The second-order valence-electron chi connectivity index (χ2n) is 5.78. The van der Waals surface area contributed by atoms with E-state index < -0.39 is 5.60 Å². The third kappa shape index (κ3) is 1.40. The first-order valence-corrected chi connectivity index (χ1v) is 6.73. The molecule has 3 heterocycles. The van der Waals surface area contributed by atoms with Gasteiger partial charge in [0.15, 0.2) is 11.7 Å². The molecule has 3 atom stereocenters. The Morgan fingerprint density at radius 2 is 2.21 bits per heavy atom. The number of rotatable bonds is 0. The highest BCUT2D eigenvalue weighted by atomic mass is 16.7. The summed E-state index contributed by atoms with van der Waals surface area (Å²) in [4.78, 5) is 12.1. The van der Waals surface area contributed by atoms with E-state index in [1.165, 1.54) is 5.57 Å². The number of carbonyl (C=O) groups is 1. The first-order valence-electron chi connectivity index (χ1n) is 6.73. The van der Waals surface area contributed by atoms with Crippen molar-refractivity contribution in [2.75, 3.05) is 0 Å². The standard InChI is InChI=1S/C15H16O4/c1-8-4-3-5-15-13(19-15)12(18-14(15)16)11-9(2)7-17-10(11)6-8/h4,7,12-13H,3,5-6H2,1-2H3/b8-4-/t12-,13-,15-/m1/s1. The first kappa shape index (κ1) is 11.3. The molecule has 2 saturated heterocycles. The molecule has 4 rings (SSSR count). The largest absolute Gasteiger partial charge is 0.468 e. The second-order valence-corrected chi connectivity index (χ2v) is 5.78. The summed E-state index contributed by atoms with van der Waals surface area (Å²) >= 11 is 0. The smallest absolute Gasteiger partial charge is 0.342 e. The van der Waals surface area contributed by atoms with Crippen LogP contribution in [0.4, 0.5) is 0 Å². The Morgan fingerprint density at radius 3 is 3.00 bits per heavy atom. The van der Waals surface area contributed by atoms with Crippen LogP contribution in [0.2, 0.25) is 0 Å². The van der Waals surface area contributed by atoms with Crippen LogP contribution < -0.4 is 0 Å². The third-order valence-electron chi connectivity index (χ3n) is 4.43. The second kappa shape index (κ2) is 3.51. The molecule has 2 bridgehead atoms. The number of allylic oxidation sites excluding steroid dienone is 2. The van der Waals surface area contributed by atoms with Gasteiger partial charge < -0.3 is 13.9 Å². The molecule has 1 aromatic heterocycles. The average molecular weight is 260 g/mol. The van der Waals surface area contributed by atoms with Crippen molar-refractivity contribution in [3.63, 3.8) is 0 Å². The summed E-state index contributed by atoms with van der Waals surface area (Å²) in [6.07, 6.45) is 5.84. The molecule has 4 nitrogen and oxygen atoms in total. The number of epoxide rings is 1. The van der Waals surface area contributed by atoms with Crippen LogP contribution in [-0.4, -0.2) is 17.7 Å². The lowest BCUT2D eigenvalue weighted by Crippen LogP contribution is -2.22. The minimum Gasteiger partial charge on any atom is -0.468 e. The Morgan fingerprint density at radius 1 is 1.37 bits per heavy atom. The van der Waals surface area contributed by atoms with Gasteiger partial charge in [0.05, 0.1) is 6.26 Å². The molecule has 4 heteroatoms. The lowest BCUT2D eigenvalue weighted by molar-refractivity contribution is -0.154. The fourth-order valence-corrected chi connectivity index (χ4v) is 3.34. The maximum atomic E-state index is 12.1. The Bertz CT molecular complexity index is 597. The highest BCUT2D eigenvalue weighted by Crippen LogP contribution is 2.57. The van der Waals surface area contributed by atoms with E-state index in [1.807, 2.05) is 6.92 Å². The number of esters is 1. The fraction of sp³-hybridized carbons (Fsp3) is 0.533. The molecular weight excluding hydrogens is 244 g/mol. The normalized spacial score (nSPS) is 38.8. The molecule has 2 fully saturated rings. The van der Waals surface area contributed by atoms with Crippen LogP contribution in [0.25, 0.3) is 0 Å². The predicted octanol–water partition coefficient (Wildman–Crippen LogP) is 2.61. The highest BCUT2D eigenvalue weighted by molar-refractivity contribution is 5.87. The van der Waals surface area contributed by atoms with E-state index in [0.29, 0.717) is 0 Å². The Hall–Kier alpha value is -1.55. The van der Waals surface area contributed by atoms with Crippen LogP contribution in [0.3, 0.4) is 0 Å². The van der Waals surface area contributed by atoms with Gasteiger partial charge in [-0.2, -0.15) is 0 Å². The number of hydrogen-bond acceptors (Lipinski definition) is 4. The summed E-state index contributed by atoms with van der Waals surface area (Å²) in [7, 11) is 0. The van der Waals surface area contributed by atoms with E-state index in [2.05, 4.69) is 13.0 Å². The Kier molecular flexibility index (Phi) is 2.09. The maximum Gasteiger partial charge on any atom is 0.342 e. The molecule has 3 aliphatic rings. The number of furan rings is 1. The third-order valence-corrected chi connectivity index (χ3v) is 4.43. The highest BCUT2D eigenvalue weighted by Gasteiger charge is 2.73. The van der Waals surface area contributed by atoms with Gasteiger partial charge in [-0.05, 0) is 32.3 Å². The zero-order valence-corrected chi connectivity index (χ0v) is 11.1. The predicted molar refractivity (Wildman–Crippen MR) is 66.6 cm³/mol. The SMILES string of the molecule is C/C1=C/CC[C@@]23O[C@@H]2[C@H](OC3=O)c2c(C)coc2C1. The summed E-state index contributed by atoms with van der Waals surface area (Å²) in [6, 6.07) is 0. The van der Waals surface area contributed by atoms with Gasteiger partial charge in [0.2, 0.25) is 0 Å². The van der Waals surface area contributed by atoms with Crippen molar-refractivity contribution in [2.24, 2.45) is 0 Å². The van der Waals surface area contributed by atoms with Gasteiger partial charge in [-0.15, -0.1) is 0 Å². The van der Waals surface area contributed by atoms with Gasteiger partial charge >= 0.3 is 5.97 Å². The van der Waals surface area contributed by atoms with Crippen molar-refractivity contribution >= 4 is 5.97 Å². The molecule has 0 saturated carbocycles. The van der Waals surface area contributed by atoms with Crippen LogP contribution in [0.5, 0.6) is 0 Å². The van der Waals surface area contributed by atoms with Crippen molar-refractivity contribution in [3.05, 3.63) is 34.8 Å². The minimum atomic E-state index is -0.681. The van der Waals surface area contributed by atoms with Crippen molar-refractivity contribution in [3.8, 4) is 0 Å². The van der Waals surface area contributed by atoms with Gasteiger partial charge in [0, 0.05) is 12.0 Å². The maximum absolute atomic E-state index is 12.1. The molecule has 0 aromatic carbocycles. The van der Waals surface area contributed by atoms with Crippen LogP contribution in [0, 0.1) is 6.92 Å². The summed E-state index contributed by atoms with van der Waals surface area (Å²) in [5.74, 6) is 0.694. The van der Waals surface area contributed by atoms with Gasteiger partial charge in [-0.25, -0.2) is 4.79 Å². The number of hydrogen-bond donors (Lipinski definition) is 0. The van der Waals surface area contributed by atoms with Crippen LogP contribution in [0.15, 0.2) is 22.3 Å². The molecule has 0 spiro atoms. The Labute approximate surface area is 111 Å². The van der Waals surface area contributed by atoms with Crippen molar-refractivity contribution in [2.45, 2.75) is 50.9 Å². The van der Waals surface area contributed by atoms with Crippen LogP contribution in [0.1, 0.15) is 42.8 Å². The lowest BCUT2D eigenvalue weighted by Gasteiger charge is -2.13. The molecule has 1 aliphatic carbocycles. The van der Waals surface area contributed by atoms with Crippen molar-refractivity contribution in [1.29, 1.82) is 0 Å². The first-order chi connectivity index (χ1) is 9.12. The lowest BCUT2D eigenvalue weighted by atomic mass is 9.91. The van der Waals surface area contributed by atoms with E-state index in [1.54, 1.807) is 6.26 Å². The van der Waals surface area contributed by atoms with Gasteiger partial charge in [-0.3, -0.25) is 0 Å². The number of ether oxygens (including phenoxy) is 2. The van der Waals surface area contributed by atoms with Crippen LogP contribution in [-0.2, 0) is 20.7 Å². The van der Waals surface area contributed by atoms with E-state index in [4.69, 9.17) is 13.9 Å². The van der Waals surface area contributed by atoms with E-state index >= 15 is 0 Å². The molecule has 1 aromatic rings. The molecular formula is C15H16O4. The molecule has 0 radical (unpaired) electrons. The van der Waals surface area contributed by atoms with Crippen molar-refractivity contribution < 1.29 is 18.7 Å². The number of fused-ring (bicyclic) bond motifs is 2. The summed E-state index contributed by atoms with van der Waals surface area (Å²) < 4.78 is 16.9. The molecule has 2 aliphatic heterocycles. The fourth-order valence-electron chi connectivity index (χ4n) is 3.34. The Balaban J connectivity index is 1.85. The molecule has 0 N–H and O–H groups in total. The van der Waals surface area contributed by atoms with Crippen molar-refractivity contribution in [1.82, 2.24) is 0 Å². The molecule has 0 unspecified atom stereocenters. The molecule has 0 amide bonds. The van der Waals surface area contributed by atoms with Crippen LogP contribution >= 0.6 is 0 Å². The molecule has 19 heavy (non-hydrogen) atoms. The topological polar surface area (TPSA) is 52.0 Å². The zero-order chi connectivity index (χ0) is 13.2. The number of carbonyl (C=O) groups excluding carboxylic acids is 1. The quantitative estimate of drug-likeness (QED) is 0.409.